The Kier molecular flexibility index (Phi) is 8.46. The summed E-state index contributed by atoms with van der Waals surface area (Å²) in [5.74, 6) is 0. The minimum absolute atomic E-state index is 0.255. The predicted octanol–water partition coefficient (Wildman–Crippen LogP) is 16.1. The standard InChI is InChI=1S/C59H50N2/c1-59(2)55-37-51(60(47-27-23-39-13-3-7-17-43(39)33-47)48-28-24-40-14-4-8-18-44(40)34-48)31-32-54(55)58-53-22-12-11-21-52(53)57(38-56(58)59)61(49-29-25-41-15-5-9-19-45(41)35-49)50-30-26-42-16-6-10-20-46(42)36-50/h3,5,7,9,11-13,15,17,19,21-38H,4,6,8,10,14,16,18,20H2,1-2H3. The third-order valence-electron chi connectivity index (χ3n) is 14.3. The lowest BCUT2D eigenvalue weighted by Gasteiger charge is -2.31. The fourth-order valence-corrected chi connectivity index (χ4v) is 11.1. The van der Waals surface area contributed by atoms with E-state index in [-0.39, 0.29) is 5.41 Å². The molecule has 61 heavy (non-hydrogen) atoms. The fourth-order valence-electron chi connectivity index (χ4n) is 11.1. The molecule has 3 aliphatic rings. The first-order valence-corrected chi connectivity index (χ1v) is 22.5. The normalized spacial score (nSPS) is 15.0. The number of aryl methyl sites for hydroxylation is 4. The van der Waals surface area contributed by atoms with E-state index in [1.54, 1.807) is 0 Å². The molecule has 9 aromatic rings. The number of benzene rings is 9. The van der Waals surface area contributed by atoms with Crippen LogP contribution in [0.2, 0.25) is 0 Å². The van der Waals surface area contributed by atoms with Crippen LogP contribution >= 0.6 is 0 Å². The molecule has 0 atom stereocenters. The number of fused-ring (bicyclic) bond motifs is 9. The smallest absolute Gasteiger partial charge is 0.0543 e. The van der Waals surface area contributed by atoms with Gasteiger partial charge in [0.2, 0.25) is 0 Å². The van der Waals surface area contributed by atoms with Gasteiger partial charge in [0.15, 0.2) is 0 Å². The molecule has 3 aliphatic carbocycles. The van der Waals surface area contributed by atoms with Gasteiger partial charge in [-0.05, 0) is 190 Å². The molecule has 0 amide bonds. The van der Waals surface area contributed by atoms with E-state index >= 15 is 0 Å². The molecule has 2 heteroatoms. The van der Waals surface area contributed by atoms with E-state index < -0.39 is 0 Å². The van der Waals surface area contributed by atoms with E-state index in [1.165, 1.54) is 149 Å². The third kappa shape index (κ3) is 5.98. The van der Waals surface area contributed by atoms with Crippen molar-refractivity contribution >= 4 is 66.4 Å². The molecule has 12 rings (SSSR count). The van der Waals surface area contributed by atoms with Crippen molar-refractivity contribution in [3.05, 3.63) is 203 Å². The molecule has 0 saturated carbocycles. The average molecular weight is 787 g/mol. The molecule has 0 aromatic heterocycles. The lowest BCUT2D eigenvalue weighted by molar-refractivity contribution is 0.661. The predicted molar refractivity (Wildman–Crippen MR) is 259 cm³/mol. The summed E-state index contributed by atoms with van der Waals surface area (Å²) in [7, 11) is 0. The Morgan fingerprint density at radius 2 is 0.820 bits per heavy atom. The number of anilines is 6. The highest BCUT2D eigenvalue weighted by Crippen LogP contribution is 2.56. The Bertz CT molecular complexity index is 3210. The highest BCUT2D eigenvalue weighted by Gasteiger charge is 2.39. The van der Waals surface area contributed by atoms with Crippen LogP contribution in [-0.2, 0) is 31.1 Å². The van der Waals surface area contributed by atoms with Crippen LogP contribution in [0, 0.1) is 0 Å². The zero-order valence-electron chi connectivity index (χ0n) is 35.2. The van der Waals surface area contributed by atoms with Crippen LogP contribution in [0.1, 0.15) is 72.9 Å². The number of rotatable bonds is 6. The van der Waals surface area contributed by atoms with Gasteiger partial charge < -0.3 is 9.80 Å². The summed E-state index contributed by atoms with van der Waals surface area (Å²) >= 11 is 0. The molecule has 0 unspecified atom stereocenters. The Balaban J connectivity index is 1.05. The van der Waals surface area contributed by atoms with E-state index in [1.807, 2.05) is 0 Å². The minimum Gasteiger partial charge on any atom is -0.310 e. The molecular weight excluding hydrogens is 737 g/mol. The van der Waals surface area contributed by atoms with Crippen LogP contribution in [-0.4, -0.2) is 0 Å². The van der Waals surface area contributed by atoms with Crippen molar-refractivity contribution in [1.29, 1.82) is 0 Å². The summed E-state index contributed by atoms with van der Waals surface area (Å²) in [6.07, 6.45) is 9.73. The van der Waals surface area contributed by atoms with Crippen molar-refractivity contribution in [2.75, 3.05) is 9.80 Å². The second-order valence-corrected chi connectivity index (χ2v) is 18.3. The zero-order chi connectivity index (χ0) is 40.7. The van der Waals surface area contributed by atoms with E-state index in [9.17, 15) is 0 Å². The zero-order valence-corrected chi connectivity index (χ0v) is 35.2. The Hall–Kier alpha value is -6.64. The molecule has 0 spiro atoms. The second kappa shape index (κ2) is 14.2. The maximum Gasteiger partial charge on any atom is 0.0543 e. The summed E-state index contributed by atoms with van der Waals surface area (Å²) in [5, 5.41) is 7.61. The lowest BCUT2D eigenvalue weighted by atomic mass is 9.81. The van der Waals surface area contributed by atoms with Gasteiger partial charge in [0, 0.05) is 39.2 Å². The quantitative estimate of drug-likeness (QED) is 0.166. The van der Waals surface area contributed by atoms with Crippen LogP contribution in [0.5, 0.6) is 0 Å². The maximum absolute atomic E-state index is 2.55. The average Bonchev–Trinajstić information content (AvgIpc) is 3.54. The van der Waals surface area contributed by atoms with Gasteiger partial charge in [-0.25, -0.2) is 0 Å². The van der Waals surface area contributed by atoms with Crippen LogP contribution in [0.15, 0.2) is 170 Å². The molecule has 0 bridgehead atoms. The molecule has 0 heterocycles. The summed E-state index contributed by atoms with van der Waals surface area (Å²) in [5.41, 5.74) is 18.5. The highest BCUT2D eigenvalue weighted by atomic mass is 15.1. The lowest BCUT2D eigenvalue weighted by Crippen LogP contribution is -2.18. The van der Waals surface area contributed by atoms with Gasteiger partial charge in [-0.2, -0.15) is 0 Å². The summed E-state index contributed by atoms with van der Waals surface area (Å²) in [4.78, 5) is 5.05. The number of hydrogen-bond donors (Lipinski definition) is 0. The van der Waals surface area contributed by atoms with Crippen molar-refractivity contribution < 1.29 is 0 Å². The Morgan fingerprint density at radius 3 is 1.44 bits per heavy atom. The number of hydrogen-bond acceptors (Lipinski definition) is 2. The first-order chi connectivity index (χ1) is 30.0. The molecular formula is C59H50N2. The van der Waals surface area contributed by atoms with Crippen LogP contribution in [0.25, 0.3) is 43.4 Å². The van der Waals surface area contributed by atoms with Crippen LogP contribution in [0.3, 0.4) is 0 Å². The summed E-state index contributed by atoms with van der Waals surface area (Å²) in [6.45, 7) is 4.89. The highest BCUT2D eigenvalue weighted by molar-refractivity contribution is 6.10. The topological polar surface area (TPSA) is 6.48 Å². The second-order valence-electron chi connectivity index (χ2n) is 18.3. The van der Waals surface area contributed by atoms with E-state index in [4.69, 9.17) is 0 Å². The molecule has 2 nitrogen and oxygen atoms in total. The fraction of sp³-hybridized carbons (Fsp3) is 0.186. The monoisotopic (exact) mass is 786 g/mol. The molecule has 0 aliphatic heterocycles. The van der Waals surface area contributed by atoms with Crippen molar-refractivity contribution in [3.8, 4) is 11.1 Å². The summed E-state index contributed by atoms with van der Waals surface area (Å²) in [6, 6.07) is 64.9. The maximum atomic E-state index is 2.55. The van der Waals surface area contributed by atoms with E-state index in [2.05, 4.69) is 194 Å². The molecule has 0 N–H and O–H groups in total. The van der Waals surface area contributed by atoms with Crippen molar-refractivity contribution in [3.63, 3.8) is 0 Å². The third-order valence-corrected chi connectivity index (χ3v) is 14.3. The first kappa shape index (κ1) is 36.2. The Labute approximate surface area is 359 Å². The van der Waals surface area contributed by atoms with Crippen molar-refractivity contribution in [2.45, 2.75) is 70.6 Å². The van der Waals surface area contributed by atoms with E-state index in [0.29, 0.717) is 0 Å². The Morgan fingerprint density at radius 1 is 0.361 bits per heavy atom. The van der Waals surface area contributed by atoms with Gasteiger partial charge in [-0.1, -0.05) is 117 Å². The van der Waals surface area contributed by atoms with Gasteiger partial charge in [-0.3, -0.25) is 0 Å². The van der Waals surface area contributed by atoms with Crippen molar-refractivity contribution in [2.24, 2.45) is 0 Å². The van der Waals surface area contributed by atoms with E-state index in [0.717, 1.165) is 12.8 Å². The van der Waals surface area contributed by atoms with Crippen LogP contribution < -0.4 is 9.80 Å². The van der Waals surface area contributed by atoms with Crippen LogP contribution in [0.4, 0.5) is 34.1 Å². The van der Waals surface area contributed by atoms with Gasteiger partial charge in [0.25, 0.3) is 0 Å². The SMILES string of the molecule is CC1(C)c2cc(N(c3ccc4c(c3)CCCC4)c3ccc4ccccc4c3)ccc2-c2c1cc(N(c1ccc3c(c1)CCCC3)c1ccc3ccccc3c1)c1ccccc21. The minimum atomic E-state index is -0.255. The van der Waals surface area contributed by atoms with Gasteiger partial charge in [-0.15, -0.1) is 0 Å². The summed E-state index contributed by atoms with van der Waals surface area (Å²) < 4.78 is 0. The van der Waals surface area contributed by atoms with Gasteiger partial charge in [0.1, 0.15) is 0 Å². The van der Waals surface area contributed by atoms with Gasteiger partial charge in [0.05, 0.1) is 5.69 Å². The van der Waals surface area contributed by atoms with Crippen molar-refractivity contribution in [1.82, 2.24) is 0 Å². The molecule has 0 saturated heterocycles. The largest absolute Gasteiger partial charge is 0.310 e. The molecule has 0 radical (unpaired) electrons. The first-order valence-electron chi connectivity index (χ1n) is 22.5. The van der Waals surface area contributed by atoms with Gasteiger partial charge >= 0.3 is 0 Å². The number of nitrogens with zero attached hydrogens (tertiary/aromatic N) is 2. The molecule has 296 valence electrons. The molecule has 9 aromatic carbocycles. The molecule has 0 fully saturated rings.